The number of ether oxygens (including phenoxy) is 1. The first-order valence-corrected chi connectivity index (χ1v) is 17.2. The van der Waals surface area contributed by atoms with Gasteiger partial charge in [0.15, 0.2) is 0 Å². The van der Waals surface area contributed by atoms with Crippen LogP contribution in [-0.4, -0.2) is 0 Å². The molecule has 1 heterocycles. The summed E-state index contributed by atoms with van der Waals surface area (Å²) in [7, 11) is 0. The SMILES string of the molecule is CC(C)(C)c1ccc(-c2cccc(Nc3ccc4c(c3)Oc3cccc5cccc-4c35)c2-c2cc(C(C)(C)C)cc(C(C)(C)C)c2)cc1. The van der Waals surface area contributed by atoms with Crippen LogP contribution in [0.5, 0.6) is 11.5 Å². The predicted octanol–water partition coefficient (Wildman–Crippen LogP) is 13.6. The molecule has 0 bridgehead atoms. The Morgan fingerprint density at radius 3 is 1.71 bits per heavy atom. The van der Waals surface area contributed by atoms with Crippen molar-refractivity contribution >= 4 is 22.1 Å². The molecule has 0 aliphatic carbocycles. The Morgan fingerprint density at radius 2 is 1.06 bits per heavy atom. The van der Waals surface area contributed by atoms with Crippen molar-refractivity contribution in [3.05, 3.63) is 132 Å². The molecule has 0 unspecified atom stereocenters. The highest BCUT2D eigenvalue weighted by Crippen LogP contribution is 2.48. The number of nitrogens with one attached hydrogen (secondary N) is 1. The third-order valence-corrected chi connectivity index (χ3v) is 9.72. The first kappa shape index (κ1) is 31.8. The molecular formula is C46H47NO. The average molecular weight is 630 g/mol. The van der Waals surface area contributed by atoms with Crippen LogP contribution in [0.15, 0.2) is 115 Å². The van der Waals surface area contributed by atoms with E-state index in [-0.39, 0.29) is 16.2 Å². The van der Waals surface area contributed by atoms with Crippen LogP contribution in [0.3, 0.4) is 0 Å². The highest BCUT2D eigenvalue weighted by atomic mass is 16.5. The van der Waals surface area contributed by atoms with E-state index in [1.165, 1.54) is 55.3 Å². The summed E-state index contributed by atoms with van der Waals surface area (Å²) in [5, 5.41) is 6.22. The van der Waals surface area contributed by atoms with Crippen LogP contribution in [0.4, 0.5) is 11.4 Å². The topological polar surface area (TPSA) is 21.3 Å². The molecule has 0 radical (unpaired) electrons. The fraction of sp³-hybridized carbons (Fsp3) is 0.261. The van der Waals surface area contributed by atoms with E-state index >= 15 is 0 Å². The van der Waals surface area contributed by atoms with Crippen molar-refractivity contribution in [1.29, 1.82) is 0 Å². The first-order valence-electron chi connectivity index (χ1n) is 17.2. The number of hydrogen-bond acceptors (Lipinski definition) is 2. The number of fused-ring (bicyclic) bond motifs is 2. The van der Waals surface area contributed by atoms with Crippen molar-refractivity contribution in [1.82, 2.24) is 0 Å². The largest absolute Gasteiger partial charge is 0.456 e. The van der Waals surface area contributed by atoms with Crippen molar-refractivity contribution in [2.75, 3.05) is 5.32 Å². The van der Waals surface area contributed by atoms with E-state index in [0.717, 1.165) is 28.4 Å². The molecule has 0 fully saturated rings. The third kappa shape index (κ3) is 5.90. The van der Waals surface area contributed by atoms with E-state index in [1.807, 2.05) is 0 Å². The van der Waals surface area contributed by atoms with E-state index in [2.05, 4.69) is 183 Å². The number of benzene rings is 6. The lowest BCUT2D eigenvalue weighted by molar-refractivity contribution is 0.487. The van der Waals surface area contributed by atoms with Gasteiger partial charge in [0.1, 0.15) is 11.5 Å². The minimum Gasteiger partial charge on any atom is -0.456 e. The fourth-order valence-corrected chi connectivity index (χ4v) is 6.79. The normalized spacial score (nSPS) is 12.9. The van der Waals surface area contributed by atoms with Crippen molar-refractivity contribution in [2.45, 2.75) is 78.6 Å². The molecule has 0 aromatic heterocycles. The zero-order chi connectivity index (χ0) is 34.0. The number of rotatable bonds is 4. The second kappa shape index (κ2) is 11.4. The standard InChI is InChI=1S/C46H47NO/c1-44(2,3)32-21-19-29(20-22-32)36-15-12-17-39(42(36)31-25-33(45(4,5)6)27-34(26-31)46(7,8)9)47-35-23-24-37-38-16-10-13-30-14-11-18-40(43(30)38)48-41(37)28-35/h10-28,47H,1-9H3. The Hall–Kier alpha value is -4.82. The van der Waals surface area contributed by atoms with Gasteiger partial charge in [0.2, 0.25) is 0 Å². The maximum absolute atomic E-state index is 6.54. The Labute approximate surface area is 286 Å². The predicted molar refractivity (Wildman–Crippen MR) is 206 cm³/mol. The van der Waals surface area contributed by atoms with E-state index in [4.69, 9.17) is 4.74 Å². The quantitative estimate of drug-likeness (QED) is 0.209. The molecule has 7 rings (SSSR count). The monoisotopic (exact) mass is 629 g/mol. The summed E-state index contributed by atoms with van der Waals surface area (Å²) < 4.78 is 6.54. The van der Waals surface area contributed by atoms with Crippen molar-refractivity contribution in [2.24, 2.45) is 0 Å². The summed E-state index contributed by atoms with van der Waals surface area (Å²) in [5.74, 6) is 1.77. The van der Waals surface area contributed by atoms with Gasteiger partial charge in [-0.2, -0.15) is 0 Å². The lowest BCUT2D eigenvalue weighted by atomic mass is 9.78. The van der Waals surface area contributed by atoms with Crippen LogP contribution in [0.1, 0.15) is 79.0 Å². The van der Waals surface area contributed by atoms with Gasteiger partial charge in [-0.3, -0.25) is 0 Å². The van der Waals surface area contributed by atoms with Gasteiger partial charge in [0.25, 0.3) is 0 Å². The molecule has 6 aromatic carbocycles. The minimum absolute atomic E-state index is 0.00187. The van der Waals surface area contributed by atoms with Gasteiger partial charge >= 0.3 is 0 Å². The van der Waals surface area contributed by atoms with Crippen molar-refractivity contribution in [3.63, 3.8) is 0 Å². The van der Waals surface area contributed by atoms with Crippen LogP contribution >= 0.6 is 0 Å². The van der Waals surface area contributed by atoms with E-state index in [0.29, 0.717) is 0 Å². The van der Waals surface area contributed by atoms with Crippen LogP contribution in [0, 0.1) is 0 Å². The molecule has 6 aromatic rings. The van der Waals surface area contributed by atoms with Crippen molar-refractivity contribution in [3.8, 4) is 44.9 Å². The van der Waals surface area contributed by atoms with Gasteiger partial charge < -0.3 is 10.1 Å². The minimum atomic E-state index is 0.00187. The van der Waals surface area contributed by atoms with Crippen LogP contribution in [0.25, 0.3) is 44.2 Å². The van der Waals surface area contributed by atoms with Gasteiger partial charge in [0.05, 0.1) is 0 Å². The zero-order valence-corrected chi connectivity index (χ0v) is 29.9. The Bertz CT molecular complexity index is 2130. The van der Waals surface area contributed by atoms with Crippen LogP contribution < -0.4 is 10.1 Å². The van der Waals surface area contributed by atoms with Crippen LogP contribution in [0.2, 0.25) is 0 Å². The molecule has 0 amide bonds. The Morgan fingerprint density at radius 1 is 0.458 bits per heavy atom. The molecule has 0 atom stereocenters. The van der Waals surface area contributed by atoms with Gasteiger partial charge in [-0.05, 0) is 84.8 Å². The van der Waals surface area contributed by atoms with Gasteiger partial charge in [0, 0.05) is 34.0 Å². The maximum Gasteiger partial charge on any atom is 0.137 e. The van der Waals surface area contributed by atoms with Gasteiger partial charge in [-0.15, -0.1) is 0 Å². The molecule has 242 valence electrons. The second-order valence-electron chi connectivity index (χ2n) is 16.5. The highest BCUT2D eigenvalue weighted by molar-refractivity contribution is 6.04. The Balaban J connectivity index is 1.39. The molecule has 0 spiro atoms. The second-order valence-corrected chi connectivity index (χ2v) is 16.5. The maximum atomic E-state index is 6.54. The molecule has 0 saturated heterocycles. The molecule has 1 aliphatic heterocycles. The lowest BCUT2D eigenvalue weighted by Crippen LogP contribution is -2.16. The average Bonchev–Trinajstić information content (AvgIpc) is 3.03. The Kier molecular flexibility index (Phi) is 7.55. The summed E-state index contributed by atoms with van der Waals surface area (Å²) >= 11 is 0. The van der Waals surface area contributed by atoms with Crippen LogP contribution in [-0.2, 0) is 16.2 Å². The summed E-state index contributed by atoms with van der Waals surface area (Å²) in [6.07, 6.45) is 0. The molecular weight excluding hydrogens is 583 g/mol. The molecule has 2 heteroatoms. The molecule has 1 N–H and O–H groups in total. The molecule has 1 aliphatic rings. The fourth-order valence-electron chi connectivity index (χ4n) is 6.79. The summed E-state index contributed by atoms with van der Waals surface area (Å²) in [5.41, 5.74) is 13.3. The molecule has 2 nitrogen and oxygen atoms in total. The third-order valence-electron chi connectivity index (χ3n) is 9.72. The highest BCUT2D eigenvalue weighted by Gasteiger charge is 2.24. The van der Waals surface area contributed by atoms with E-state index in [1.54, 1.807) is 0 Å². The van der Waals surface area contributed by atoms with Gasteiger partial charge in [-0.25, -0.2) is 0 Å². The molecule has 48 heavy (non-hydrogen) atoms. The van der Waals surface area contributed by atoms with E-state index < -0.39 is 0 Å². The first-order chi connectivity index (χ1) is 22.7. The summed E-state index contributed by atoms with van der Waals surface area (Å²) in [4.78, 5) is 0. The molecule has 0 saturated carbocycles. The summed E-state index contributed by atoms with van der Waals surface area (Å²) in [6, 6.07) is 42.2. The summed E-state index contributed by atoms with van der Waals surface area (Å²) in [6.45, 7) is 20.6. The zero-order valence-electron chi connectivity index (χ0n) is 29.9. The lowest BCUT2D eigenvalue weighted by Gasteiger charge is -2.27. The smallest absolute Gasteiger partial charge is 0.137 e. The number of hydrogen-bond donors (Lipinski definition) is 1. The van der Waals surface area contributed by atoms with E-state index in [9.17, 15) is 0 Å². The van der Waals surface area contributed by atoms with Crippen molar-refractivity contribution < 1.29 is 4.74 Å². The van der Waals surface area contributed by atoms with Gasteiger partial charge in [-0.1, -0.05) is 147 Å². The number of anilines is 2.